The lowest BCUT2D eigenvalue weighted by atomic mass is 10.1. The van der Waals surface area contributed by atoms with Crippen LogP contribution in [0.3, 0.4) is 0 Å². The molecule has 226 valence electrons. The maximum absolute atomic E-state index is 14.2. The Labute approximate surface area is 229 Å². The second kappa shape index (κ2) is 14.9. The van der Waals surface area contributed by atoms with E-state index >= 15 is 0 Å². The van der Waals surface area contributed by atoms with Crippen LogP contribution < -0.4 is 4.74 Å². The minimum Gasteiger partial charge on any atom is -0.428 e. The summed E-state index contributed by atoms with van der Waals surface area (Å²) in [7, 11) is 0. The van der Waals surface area contributed by atoms with Crippen LogP contribution in [0.5, 0.6) is 5.75 Å². The van der Waals surface area contributed by atoms with Gasteiger partial charge in [-0.25, -0.2) is 9.97 Å². The van der Waals surface area contributed by atoms with E-state index in [0.29, 0.717) is 18.4 Å². The highest BCUT2D eigenvalue weighted by molar-refractivity contribution is 5.56. The first-order chi connectivity index (χ1) is 18.8. The van der Waals surface area contributed by atoms with Crippen LogP contribution in [-0.2, 0) is 11.2 Å². The predicted octanol–water partition coefficient (Wildman–Crippen LogP) is 9.48. The third kappa shape index (κ3) is 8.75. The van der Waals surface area contributed by atoms with Crippen molar-refractivity contribution in [3.63, 3.8) is 0 Å². The molecule has 12 heteroatoms. The van der Waals surface area contributed by atoms with Crippen LogP contribution in [0, 0.1) is 0 Å². The number of alkyl halides is 8. The first-order valence-electron chi connectivity index (χ1n) is 13.5. The van der Waals surface area contributed by atoms with Crippen molar-refractivity contribution < 1.29 is 44.6 Å². The summed E-state index contributed by atoms with van der Waals surface area (Å²) in [6, 6.07) is 3.89. The summed E-state index contributed by atoms with van der Waals surface area (Å²) in [5.74, 6) is -13.9. The Bertz CT molecular complexity index is 1000. The molecular formula is C28H36F8N2O2. The third-order valence-electron chi connectivity index (χ3n) is 6.29. The van der Waals surface area contributed by atoms with Gasteiger partial charge in [-0.3, -0.25) is 0 Å². The monoisotopic (exact) mass is 584 g/mol. The van der Waals surface area contributed by atoms with Crippen molar-refractivity contribution in [2.24, 2.45) is 0 Å². The Morgan fingerprint density at radius 1 is 0.625 bits per heavy atom. The van der Waals surface area contributed by atoms with Crippen molar-refractivity contribution in [2.45, 2.75) is 109 Å². The Morgan fingerprint density at radius 3 is 1.70 bits per heavy atom. The van der Waals surface area contributed by atoms with Crippen LogP contribution in [0.2, 0.25) is 0 Å². The zero-order chi connectivity index (χ0) is 29.9. The SMILES string of the molecule is CCCCCCCCOC(F)(F)C(F)(F)C(F)(F)C(F)(F)Oc1ccc(-c2ncc(CCCCCC)cn2)cc1. The molecule has 0 radical (unpaired) electrons. The first-order valence-corrected chi connectivity index (χ1v) is 13.5. The van der Waals surface area contributed by atoms with Crippen LogP contribution in [0.1, 0.15) is 83.6 Å². The molecule has 0 saturated carbocycles. The summed E-state index contributed by atoms with van der Waals surface area (Å²) in [6.45, 7) is 3.05. The predicted molar refractivity (Wildman–Crippen MR) is 135 cm³/mol. The quantitative estimate of drug-likeness (QED) is 0.122. The van der Waals surface area contributed by atoms with Gasteiger partial charge in [-0.1, -0.05) is 65.2 Å². The summed E-state index contributed by atoms with van der Waals surface area (Å²) < 4.78 is 120. The van der Waals surface area contributed by atoms with Crippen LogP contribution in [0.25, 0.3) is 11.4 Å². The minimum absolute atomic E-state index is 0.119. The van der Waals surface area contributed by atoms with E-state index in [4.69, 9.17) is 0 Å². The van der Waals surface area contributed by atoms with Gasteiger partial charge in [-0.15, -0.1) is 0 Å². The number of ether oxygens (including phenoxy) is 2. The maximum atomic E-state index is 14.2. The van der Waals surface area contributed by atoms with Gasteiger partial charge in [0.1, 0.15) is 5.75 Å². The van der Waals surface area contributed by atoms with Crippen molar-refractivity contribution in [1.82, 2.24) is 9.97 Å². The summed E-state index contributed by atoms with van der Waals surface area (Å²) in [6.07, 6.45) is -0.218. The normalized spacial score (nSPS) is 13.1. The van der Waals surface area contributed by atoms with Gasteiger partial charge in [-0.2, -0.15) is 35.1 Å². The summed E-state index contributed by atoms with van der Waals surface area (Å²) in [4.78, 5) is 8.37. The van der Waals surface area contributed by atoms with Gasteiger partial charge in [0.2, 0.25) is 0 Å². The third-order valence-corrected chi connectivity index (χ3v) is 6.29. The lowest BCUT2D eigenvalue weighted by Gasteiger charge is -2.35. The van der Waals surface area contributed by atoms with E-state index in [-0.39, 0.29) is 12.2 Å². The number of unbranched alkanes of at least 4 members (excludes halogenated alkanes) is 8. The highest BCUT2D eigenvalue weighted by atomic mass is 19.4. The molecule has 4 nitrogen and oxygen atoms in total. The fourth-order valence-corrected chi connectivity index (χ4v) is 3.81. The van der Waals surface area contributed by atoms with Crippen molar-refractivity contribution in [1.29, 1.82) is 0 Å². The highest BCUT2D eigenvalue weighted by Crippen LogP contribution is 2.53. The summed E-state index contributed by atoms with van der Waals surface area (Å²) in [5.41, 5.74) is 1.20. The van der Waals surface area contributed by atoms with Crippen molar-refractivity contribution in [3.05, 3.63) is 42.2 Å². The molecule has 0 spiro atoms. The molecule has 0 N–H and O–H groups in total. The van der Waals surface area contributed by atoms with Crippen LogP contribution in [0.15, 0.2) is 36.7 Å². The number of rotatable bonds is 19. The molecule has 0 amide bonds. The molecule has 2 aromatic rings. The topological polar surface area (TPSA) is 44.2 Å². The van der Waals surface area contributed by atoms with E-state index in [9.17, 15) is 35.1 Å². The van der Waals surface area contributed by atoms with Gasteiger partial charge in [0.25, 0.3) is 0 Å². The second-order valence-electron chi connectivity index (χ2n) is 9.65. The average Bonchev–Trinajstić information content (AvgIpc) is 2.91. The van der Waals surface area contributed by atoms with E-state index in [1.807, 2.05) is 6.92 Å². The number of hydrogen-bond donors (Lipinski definition) is 0. The van der Waals surface area contributed by atoms with E-state index in [2.05, 4.69) is 26.4 Å². The molecule has 0 fully saturated rings. The van der Waals surface area contributed by atoms with E-state index in [0.717, 1.165) is 81.2 Å². The summed E-state index contributed by atoms with van der Waals surface area (Å²) >= 11 is 0. The fraction of sp³-hybridized carbons (Fsp3) is 0.643. The van der Waals surface area contributed by atoms with E-state index in [1.165, 1.54) is 0 Å². The first kappa shape index (κ1) is 33.7. The molecule has 0 aliphatic rings. The van der Waals surface area contributed by atoms with Gasteiger partial charge in [-0.05, 0) is 49.1 Å². The smallest absolute Gasteiger partial charge is 0.428 e. The van der Waals surface area contributed by atoms with E-state index in [1.54, 1.807) is 12.4 Å². The zero-order valence-corrected chi connectivity index (χ0v) is 22.7. The van der Waals surface area contributed by atoms with Crippen LogP contribution in [-0.4, -0.2) is 40.6 Å². The molecule has 1 aromatic heterocycles. The van der Waals surface area contributed by atoms with Crippen LogP contribution >= 0.6 is 0 Å². The molecule has 0 atom stereocenters. The molecule has 0 aliphatic carbocycles. The standard InChI is InChI=1S/C28H36F8N2O2/c1-3-5-7-9-10-12-18-39-27(33,34)25(29,30)26(31,32)28(35,36)40-23-16-14-22(15-17-23)24-37-19-21(20-38-24)13-11-8-6-4-2/h14-17,19-20H,3-13,18H2,1-2H3. The maximum Gasteiger partial charge on any atom is 0.471 e. The van der Waals surface area contributed by atoms with Crippen molar-refractivity contribution in [2.75, 3.05) is 6.61 Å². The highest BCUT2D eigenvalue weighted by Gasteiger charge is 2.83. The number of hydrogen-bond acceptors (Lipinski definition) is 4. The average molecular weight is 585 g/mol. The van der Waals surface area contributed by atoms with Crippen LogP contribution in [0.4, 0.5) is 35.1 Å². The Balaban J connectivity index is 2.02. The van der Waals surface area contributed by atoms with Gasteiger partial charge in [0, 0.05) is 18.0 Å². The number of halogens is 8. The molecular weight excluding hydrogens is 548 g/mol. The summed E-state index contributed by atoms with van der Waals surface area (Å²) in [5, 5.41) is 0. The molecule has 0 bridgehead atoms. The Hall–Kier alpha value is -2.50. The van der Waals surface area contributed by atoms with Gasteiger partial charge >= 0.3 is 24.1 Å². The number of aromatic nitrogens is 2. The Morgan fingerprint density at radius 2 is 1.12 bits per heavy atom. The second-order valence-corrected chi connectivity index (χ2v) is 9.65. The molecule has 1 aromatic carbocycles. The van der Waals surface area contributed by atoms with Gasteiger partial charge in [0.05, 0.1) is 6.61 Å². The van der Waals surface area contributed by atoms with Crippen molar-refractivity contribution in [3.8, 4) is 17.1 Å². The van der Waals surface area contributed by atoms with Crippen molar-refractivity contribution >= 4 is 0 Å². The molecule has 2 rings (SSSR count). The van der Waals surface area contributed by atoms with E-state index < -0.39 is 36.4 Å². The molecule has 1 heterocycles. The lowest BCUT2D eigenvalue weighted by Crippen LogP contribution is -2.64. The van der Waals surface area contributed by atoms with Gasteiger partial charge in [0.15, 0.2) is 5.82 Å². The minimum atomic E-state index is -6.61. The Kier molecular flexibility index (Phi) is 12.6. The number of nitrogens with zero attached hydrogens (tertiary/aromatic N) is 2. The molecule has 0 unspecified atom stereocenters. The fourth-order valence-electron chi connectivity index (χ4n) is 3.81. The molecule has 40 heavy (non-hydrogen) atoms. The number of benzene rings is 1. The lowest BCUT2D eigenvalue weighted by molar-refractivity contribution is -0.450. The largest absolute Gasteiger partial charge is 0.471 e. The number of aryl methyl sites for hydroxylation is 1. The van der Waals surface area contributed by atoms with Gasteiger partial charge < -0.3 is 9.47 Å². The molecule has 0 saturated heterocycles. The zero-order valence-electron chi connectivity index (χ0n) is 22.7. The molecule has 0 aliphatic heterocycles.